The van der Waals surface area contributed by atoms with Gasteiger partial charge in [-0.15, -0.1) is 6.42 Å². The predicted octanol–water partition coefficient (Wildman–Crippen LogP) is 2.69. The Morgan fingerprint density at radius 3 is 2.69 bits per heavy atom. The Bertz CT molecular complexity index is 1110. The number of benzene rings is 2. The van der Waals surface area contributed by atoms with Crippen molar-refractivity contribution < 1.29 is 14.0 Å². The largest absolute Gasteiger partial charge is 0.358 e. The summed E-state index contributed by atoms with van der Waals surface area (Å²) in [4.78, 5) is 26.6. The number of anilines is 1. The van der Waals surface area contributed by atoms with Crippen LogP contribution in [0.5, 0.6) is 0 Å². The van der Waals surface area contributed by atoms with Gasteiger partial charge in [0.25, 0.3) is 5.91 Å². The van der Waals surface area contributed by atoms with Crippen LogP contribution in [0.3, 0.4) is 0 Å². The lowest BCUT2D eigenvalue weighted by Crippen LogP contribution is -2.40. The third-order valence-electron chi connectivity index (χ3n) is 4.47. The predicted molar refractivity (Wildman–Crippen MR) is 108 cm³/mol. The number of para-hydroxylation sites is 1. The fourth-order valence-electron chi connectivity index (χ4n) is 2.90. The molecule has 0 atom stereocenters. The first-order chi connectivity index (χ1) is 14.0. The van der Waals surface area contributed by atoms with Crippen molar-refractivity contribution in [1.82, 2.24) is 15.1 Å². The maximum absolute atomic E-state index is 14.2. The molecule has 2 aromatic carbocycles. The Hall–Kier alpha value is -3.92. The second kappa shape index (κ2) is 8.40. The van der Waals surface area contributed by atoms with Gasteiger partial charge < -0.3 is 5.32 Å². The van der Waals surface area contributed by atoms with Crippen LogP contribution in [-0.2, 0) is 4.79 Å². The van der Waals surface area contributed by atoms with Gasteiger partial charge in [0.2, 0.25) is 5.91 Å². The molecular formula is C22H19FN4O2. The van der Waals surface area contributed by atoms with E-state index in [2.05, 4.69) is 16.3 Å². The van der Waals surface area contributed by atoms with E-state index in [-0.39, 0.29) is 23.7 Å². The van der Waals surface area contributed by atoms with Crippen molar-refractivity contribution in [2.45, 2.75) is 6.92 Å². The third kappa shape index (κ3) is 4.01. The van der Waals surface area contributed by atoms with Gasteiger partial charge >= 0.3 is 0 Å². The summed E-state index contributed by atoms with van der Waals surface area (Å²) >= 11 is 0. The summed E-state index contributed by atoms with van der Waals surface area (Å²) in [5.41, 5.74) is 2.00. The summed E-state index contributed by atoms with van der Waals surface area (Å²) in [6, 6.07) is 12.9. The highest BCUT2D eigenvalue weighted by molar-refractivity contribution is 6.09. The summed E-state index contributed by atoms with van der Waals surface area (Å²) in [6.07, 6.45) is 6.82. The van der Waals surface area contributed by atoms with Gasteiger partial charge in [-0.3, -0.25) is 14.5 Å². The molecule has 0 aliphatic carbocycles. The lowest BCUT2D eigenvalue weighted by Gasteiger charge is -2.22. The molecular weight excluding hydrogens is 371 g/mol. The minimum Gasteiger partial charge on any atom is -0.358 e. The molecule has 0 aliphatic heterocycles. The van der Waals surface area contributed by atoms with Crippen LogP contribution in [0.1, 0.15) is 21.6 Å². The summed E-state index contributed by atoms with van der Waals surface area (Å²) in [6.45, 7) is 1.47. The molecule has 2 amide bonds. The summed E-state index contributed by atoms with van der Waals surface area (Å²) in [5, 5.41) is 6.68. The van der Waals surface area contributed by atoms with E-state index in [0.29, 0.717) is 16.9 Å². The molecule has 0 spiro atoms. The van der Waals surface area contributed by atoms with Crippen molar-refractivity contribution in [3.8, 4) is 18.0 Å². The standard InChI is InChI=1S/C22H19FN4O2/c1-4-16-8-7-9-17(12-16)26(14-21(28)24-3)22(29)18-13-25-27(15(18)2)20-11-6-5-10-19(20)23/h1,5-13H,14H2,2-3H3,(H,24,28). The smallest absolute Gasteiger partial charge is 0.262 e. The number of carbonyl (C=O) groups excluding carboxylic acids is 2. The Kier molecular flexibility index (Phi) is 5.74. The van der Waals surface area contributed by atoms with Gasteiger partial charge in [0, 0.05) is 18.3 Å². The zero-order valence-electron chi connectivity index (χ0n) is 16.0. The van der Waals surface area contributed by atoms with Gasteiger partial charge in [0.05, 0.1) is 17.5 Å². The third-order valence-corrected chi connectivity index (χ3v) is 4.47. The van der Waals surface area contributed by atoms with Crippen molar-refractivity contribution in [2.75, 3.05) is 18.5 Å². The molecule has 3 rings (SSSR count). The number of hydrogen-bond acceptors (Lipinski definition) is 3. The highest BCUT2D eigenvalue weighted by Crippen LogP contribution is 2.22. The molecule has 0 unspecified atom stereocenters. The highest BCUT2D eigenvalue weighted by Gasteiger charge is 2.25. The molecule has 6 nitrogen and oxygen atoms in total. The van der Waals surface area contributed by atoms with Crippen molar-refractivity contribution in [3.05, 3.63) is 77.4 Å². The topological polar surface area (TPSA) is 67.2 Å². The quantitative estimate of drug-likeness (QED) is 0.681. The van der Waals surface area contributed by atoms with Gasteiger partial charge in [-0.1, -0.05) is 24.1 Å². The fraction of sp³-hybridized carbons (Fsp3) is 0.136. The van der Waals surface area contributed by atoms with Crippen LogP contribution >= 0.6 is 0 Å². The van der Waals surface area contributed by atoms with E-state index in [1.807, 2.05) is 0 Å². The van der Waals surface area contributed by atoms with Crippen molar-refractivity contribution >= 4 is 17.5 Å². The molecule has 7 heteroatoms. The molecule has 0 saturated heterocycles. The minimum absolute atomic E-state index is 0.201. The van der Waals surface area contributed by atoms with E-state index in [0.717, 1.165) is 0 Å². The Balaban J connectivity index is 2.03. The second-order valence-corrected chi connectivity index (χ2v) is 6.27. The molecule has 1 heterocycles. The van der Waals surface area contributed by atoms with Gasteiger partial charge in [0.15, 0.2) is 0 Å². The Labute approximate surface area is 168 Å². The first-order valence-electron chi connectivity index (χ1n) is 8.85. The number of nitrogens with zero attached hydrogens (tertiary/aromatic N) is 3. The molecule has 29 heavy (non-hydrogen) atoms. The number of hydrogen-bond donors (Lipinski definition) is 1. The number of nitrogens with one attached hydrogen (secondary N) is 1. The SMILES string of the molecule is C#Cc1cccc(N(CC(=O)NC)C(=O)c2cnn(-c3ccccc3F)c2C)c1. The minimum atomic E-state index is -0.457. The molecule has 3 aromatic rings. The monoisotopic (exact) mass is 390 g/mol. The van der Waals surface area contributed by atoms with Gasteiger partial charge in [-0.05, 0) is 37.3 Å². The number of rotatable bonds is 5. The summed E-state index contributed by atoms with van der Waals surface area (Å²) in [5.74, 6) is 1.27. The first kappa shape index (κ1) is 19.8. The average molecular weight is 390 g/mol. The molecule has 0 aliphatic rings. The van der Waals surface area contributed by atoms with Crippen LogP contribution in [0.4, 0.5) is 10.1 Å². The van der Waals surface area contributed by atoms with Crippen LogP contribution in [-0.4, -0.2) is 35.2 Å². The lowest BCUT2D eigenvalue weighted by molar-refractivity contribution is -0.119. The Morgan fingerprint density at radius 1 is 1.24 bits per heavy atom. The zero-order chi connectivity index (χ0) is 21.0. The van der Waals surface area contributed by atoms with E-state index in [1.54, 1.807) is 49.4 Å². The fourth-order valence-corrected chi connectivity index (χ4v) is 2.90. The number of halogens is 1. The van der Waals surface area contributed by atoms with E-state index in [1.165, 1.54) is 28.9 Å². The van der Waals surface area contributed by atoms with E-state index >= 15 is 0 Å². The summed E-state index contributed by atoms with van der Waals surface area (Å²) < 4.78 is 15.5. The molecule has 0 saturated carbocycles. The van der Waals surface area contributed by atoms with Gasteiger partial charge in [0.1, 0.15) is 18.0 Å². The number of carbonyl (C=O) groups is 2. The van der Waals surface area contributed by atoms with Crippen LogP contribution in [0, 0.1) is 25.1 Å². The second-order valence-electron chi connectivity index (χ2n) is 6.27. The number of amides is 2. The van der Waals surface area contributed by atoms with Crippen LogP contribution in [0.15, 0.2) is 54.7 Å². The van der Waals surface area contributed by atoms with Crippen molar-refractivity contribution in [1.29, 1.82) is 0 Å². The molecule has 1 aromatic heterocycles. The number of aromatic nitrogens is 2. The van der Waals surface area contributed by atoms with Gasteiger partial charge in [-0.2, -0.15) is 5.10 Å². The van der Waals surface area contributed by atoms with Crippen LogP contribution in [0.25, 0.3) is 5.69 Å². The maximum Gasteiger partial charge on any atom is 0.262 e. The molecule has 146 valence electrons. The average Bonchev–Trinajstić information content (AvgIpc) is 3.12. The zero-order valence-corrected chi connectivity index (χ0v) is 16.0. The van der Waals surface area contributed by atoms with E-state index < -0.39 is 11.7 Å². The van der Waals surface area contributed by atoms with Crippen molar-refractivity contribution in [2.24, 2.45) is 0 Å². The Morgan fingerprint density at radius 2 is 2.00 bits per heavy atom. The van der Waals surface area contributed by atoms with Gasteiger partial charge in [-0.25, -0.2) is 9.07 Å². The van der Waals surface area contributed by atoms with Crippen molar-refractivity contribution in [3.63, 3.8) is 0 Å². The molecule has 0 fully saturated rings. The number of terminal acetylenes is 1. The normalized spacial score (nSPS) is 10.3. The molecule has 0 radical (unpaired) electrons. The molecule has 0 bridgehead atoms. The van der Waals surface area contributed by atoms with Crippen LogP contribution < -0.4 is 10.2 Å². The molecule has 1 N–H and O–H groups in total. The highest BCUT2D eigenvalue weighted by atomic mass is 19.1. The summed E-state index contributed by atoms with van der Waals surface area (Å²) in [7, 11) is 1.49. The van der Waals surface area contributed by atoms with E-state index in [4.69, 9.17) is 6.42 Å². The van der Waals surface area contributed by atoms with Crippen LogP contribution in [0.2, 0.25) is 0 Å². The lowest BCUT2D eigenvalue weighted by atomic mass is 10.1. The first-order valence-corrected chi connectivity index (χ1v) is 8.85. The van der Waals surface area contributed by atoms with E-state index in [9.17, 15) is 14.0 Å². The maximum atomic E-state index is 14.2. The number of likely N-dealkylation sites (N-methyl/N-ethyl adjacent to an activating group) is 1.